The molecule has 0 aliphatic heterocycles. The number of aliphatic carboxylic acids is 1. The van der Waals surface area contributed by atoms with Gasteiger partial charge in [0.15, 0.2) is 5.60 Å². The van der Waals surface area contributed by atoms with E-state index >= 15 is 0 Å². The molecule has 1 aliphatic rings. The number of alkyl halides is 3. The van der Waals surface area contributed by atoms with Crippen LogP contribution in [0.4, 0.5) is 13.2 Å². The molecule has 1 aliphatic carbocycles. The van der Waals surface area contributed by atoms with Gasteiger partial charge in [0.1, 0.15) is 17.2 Å². The number of hydrogen-bond donors (Lipinski definition) is 1. The van der Waals surface area contributed by atoms with Crippen molar-refractivity contribution in [3.8, 4) is 17.2 Å². The Labute approximate surface area is 189 Å². The molecule has 0 saturated heterocycles. The second-order valence-corrected chi connectivity index (χ2v) is 8.69. The largest absolute Gasteiger partial charge is 0.573 e. The van der Waals surface area contributed by atoms with Gasteiger partial charge in [0.2, 0.25) is 5.89 Å². The number of aromatic nitrogens is 1. The van der Waals surface area contributed by atoms with Gasteiger partial charge in [0.05, 0.1) is 19.3 Å². The molecule has 1 aromatic carbocycles. The molecule has 2 atom stereocenters. The molecule has 0 amide bonds. The number of ether oxygens (including phenoxy) is 3. The van der Waals surface area contributed by atoms with E-state index in [-0.39, 0.29) is 30.3 Å². The summed E-state index contributed by atoms with van der Waals surface area (Å²) in [7, 11) is 0. The molecule has 1 saturated carbocycles. The second-order valence-electron chi connectivity index (χ2n) is 8.69. The van der Waals surface area contributed by atoms with Gasteiger partial charge in [-0.05, 0) is 64.2 Å². The van der Waals surface area contributed by atoms with Crippen LogP contribution in [0.5, 0.6) is 5.75 Å². The maximum absolute atomic E-state index is 12.5. The first-order valence-electron chi connectivity index (χ1n) is 10.7. The monoisotopic (exact) mass is 471 g/mol. The predicted molar refractivity (Wildman–Crippen MR) is 112 cm³/mol. The number of hydrogen-bond acceptors (Lipinski definition) is 6. The van der Waals surface area contributed by atoms with Gasteiger partial charge in [-0.25, -0.2) is 9.78 Å². The zero-order chi connectivity index (χ0) is 24.2. The van der Waals surface area contributed by atoms with Crippen molar-refractivity contribution in [1.82, 2.24) is 4.98 Å². The Morgan fingerprint density at radius 1 is 1.27 bits per heavy atom. The number of benzene rings is 1. The highest BCUT2D eigenvalue weighted by molar-refractivity contribution is 5.76. The Morgan fingerprint density at radius 2 is 2.03 bits per heavy atom. The van der Waals surface area contributed by atoms with Gasteiger partial charge >= 0.3 is 12.3 Å². The van der Waals surface area contributed by atoms with Gasteiger partial charge in [0, 0.05) is 5.56 Å². The van der Waals surface area contributed by atoms with Gasteiger partial charge in [-0.2, -0.15) is 0 Å². The minimum Gasteiger partial charge on any atom is -0.479 e. The summed E-state index contributed by atoms with van der Waals surface area (Å²) in [6.45, 7) is 5.33. The maximum Gasteiger partial charge on any atom is 0.573 e. The molecule has 3 rings (SSSR count). The van der Waals surface area contributed by atoms with E-state index in [1.807, 2.05) is 0 Å². The van der Waals surface area contributed by atoms with E-state index in [1.165, 1.54) is 32.0 Å². The number of oxazole rings is 1. The van der Waals surface area contributed by atoms with Crippen LogP contribution in [0, 0.1) is 12.8 Å². The summed E-state index contributed by atoms with van der Waals surface area (Å²) in [5, 5.41) is 9.19. The van der Waals surface area contributed by atoms with Crippen molar-refractivity contribution in [3.63, 3.8) is 0 Å². The molecule has 0 spiro atoms. The highest BCUT2D eigenvalue weighted by atomic mass is 19.4. The lowest BCUT2D eigenvalue weighted by atomic mass is 9.87. The number of rotatable bonds is 9. The molecule has 1 N–H and O–H groups in total. The summed E-state index contributed by atoms with van der Waals surface area (Å²) in [6.07, 6.45) is -1.30. The molecule has 1 fully saturated rings. The number of nitrogens with zero attached hydrogens (tertiary/aromatic N) is 1. The van der Waals surface area contributed by atoms with E-state index in [0.29, 0.717) is 23.6 Å². The topological polar surface area (TPSA) is 91.0 Å². The molecule has 0 unspecified atom stereocenters. The van der Waals surface area contributed by atoms with Crippen LogP contribution >= 0.6 is 0 Å². The summed E-state index contributed by atoms with van der Waals surface area (Å²) in [5.41, 5.74) is -0.302. The Balaban J connectivity index is 1.57. The first-order chi connectivity index (χ1) is 15.4. The Morgan fingerprint density at radius 3 is 2.73 bits per heavy atom. The molecule has 0 bridgehead atoms. The highest BCUT2D eigenvalue weighted by Gasteiger charge is 2.32. The molecule has 0 radical (unpaired) electrons. The molecule has 182 valence electrons. The third-order valence-electron chi connectivity index (χ3n) is 5.59. The minimum absolute atomic E-state index is 0.0247. The van der Waals surface area contributed by atoms with E-state index in [2.05, 4.69) is 9.72 Å². The molecule has 33 heavy (non-hydrogen) atoms. The molecule has 1 heterocycles. The van der Waals surface area contributed by atoms with E-state index in [4.69, 9.17) is 13.9 Å². The van der Waals surface area contributed by atoms with E-state index in [9.17, 15) is 23.1 Å². The normalized spacial score (nSPS) is 19.5. The van der Waals surface area contributed by atoms with Crippen LogP contribution < -0.4 is 4.74 Å². The number of carbonyl (C=O) groups is 1. The molecular formula is C23H28F3NO6. The summed E-state index contributed by atoms with van der Waals surface area (Å²) in [4.78, 5) is 15.6. The molecule has 1 aromatic heterocycles. The van der Waals surface area contributed by atoms with E-state index < -0.39 is 17.9 Å². The smallest absolute Gasteiger partial charge is 0.479 e. The quantitative estimate of drug-likeness (QED) is 0.516. The Hall–Kier alpha value is -2.59. The highest BCUT2D eigenvalue weighted by Crippen LogP contribution is 2.31. The van der Waals surface area contributed by atoms with Crippen LogP contribution in [-0.2, 0) is 20.9 Å². The lowest BCUT2D eigenvalue weighted by molar-refractivity contribution is -0.274. The number of carboxylic acid groups (broad SMARTS) is 1. The van der Waals surface area contributed by atoms with Crippen molar-refractivity contribution >= 4 is 5.97 Å². The van der Waals surface area contributed by atoms with Crippen molar-refractivity contribution < 1.29 is 41.7 Å². The zero-order valence-corrected chi connectivity index (χ0v) is 18.8. The van der Waals surface area contributed by atoms with Crippen LogP contribution in [0.25, 0.3) is 11.5 Å². The van der Waals surface area contributed by atoms with Crippen LogP contribution in [0.1, 0.15) is 51.0 Å². The van der Waals surface area contributed by atoms with Crippen molar-refractivity contribution in [2.75, 3.05) is 6.61 Å². The van der Waals surface area contributed by atoms with Crippen molar-refractivity contribution in [3.05, 3.63) is 35.7 Å². The average molecular weight is 471 g/mol. The lowest BCUT2D eigenvalue weighted by Gasteiger charge is -2.31. The summed E-state index contributed by atoms with van der Waals surface area (Å²) in [5.74, 6) is -0.447. The third kappa shape index (κ3) is 7.20. The van der Waals surface area contributed by atoms with Crippen molar-refractivity contribution in [1.29, 1.82) is 0 Å². The summed E-state index contributed by atoms with van der Waals surface area (Å²) in [6, 6.07) is 5.44. The second kappa shape index (κ2) is 10.1. The van der Waals surface area contributed by atoms with E-state index in [1.54, 1.807) is 13.0 Å². The van der Waals surface area contributed by atoms with Gasteiger partial charge in [-0.15, -0.1) is 13.2 Å². The van der Waals surface area contributed by atoms with Crippen LogP contribution in [0.3, 0.4) is 0 Å². The van der Waals surface area contributed by atoms with Crippen molar-refractivity contribution in [2.45, 2.75) is 71.1 Å². The van der Waals surface area contributed by atoms with Crippen LogP contribution in [0.2, 0.25) is 0 Å². The Bertz CT molecular complexity index is 956. The van der Waals surface area contributed by atoms with Gasteiger partial charge in [-0.3, -0.25) is 0 Å². The molecular weight excluding hydrogens is 443 g/mol. The predicted octanol–water partition coefficient (Wildman–Crippen LogP) is 5.50. The SMILES string of the molecule is Cc1oc(-c2cccc(OC(F)(F)F)c2)nc1CO[C@H]1CCC[C@@H](COC(C)(C)C(=O)O)C1. The van der Waals surface area contributed by atoms with Gasteiger partial charge < -0.3 is 23.7 Å². The number of halogens is 3. The van der Waals surface area contributed by atoms with Gasteiger partial charge in [-0.1, -0.05) is 12.5 Å². The molecule has 10 heteroatoms. The lowest BCUT2D eigenvalue weighted by Crippen LogP contribution is -2.37. The van der Waals surface area contributed by atoms with Gasteiger partial charge in [0.25, 0.3) is 0 Å². The number of aryl methyl sites for hydroxylation is 1. The minimum atomic E-state index is -4.78. The number of carboxylic acids is 1. The zero-order valence-electron chi connectivity index (χ0n) is 18.8. The van der Waals surface area contributed by atoms with Crippen LogP contribution in [0.15, 0.2) is 28.7 Å². The fraction of sp³-hybridized carbons (Fsp3) is 0.565. The molecule has 2 aromatic rings. The fourth-order valence-electron chi connectivity index (χ4n) is 3.64. The fourth-order valence-corrected chi connectivity index (χ4v) is 3.64. The first-order valence-corrected chi connectivity index (χ1v) is 10.7. The standard InChI is InChI=1S/C23H28F3NO6/c1-14-19(27-20(32-14)16-7-5-9-18(11-16)33-23(24,25)26)13-30-17-8-4-6-15(10-17)12-31-22(2,3)21(28)29/h5,7,9,11,15,17H,4,6,8,10,12-13H2,1-3H3,(H,28,29)/t15-,17+/m1/s1. The maximum atomic E-state index is 12.5. The molecule has 7 nitrogen and oxygen atoms in total. The summed E-state index contributed by atoms with van der Waals surface area (Å²) >= 11 is 0. The first kappa shape index (κ1) is 25.0. The van der Waals surface area contributed by atoms with Crippen LogP contribution in [-0.4, -0.2) is 40.7 Å². The van der Waals surface area contributed by atoms with E-state index in [0.717, 1.165) is 25.7 Å². The third-order valence-corrected chi connectivity index (χ3v) is 5.59. The van der Waals surface area contributed by atoms with Crippen molar-refractivity contribution in [2.24, 2.45) is 5.92 Å². The average Bonchev–Trinajstić information content (AvgIpc) is 3.11. The Kier molecular flexibility index (Phi) is 7.69. The summed E-state index contributed by atoms with van der Waals surface area (Å²) < 4.78 is 58.7.